The average molecular weight is 397 g/mol. The van der Waals surface area contributed by atoms with Gasteiger partial charge in [0.1, 0.15) is 29.0 Å². The van der Waals surface area contributed by atoms with Crippen molar-refractivity contribution in [3.63, 3.8) is 0 Å². The third-order valence-corrected chi connectivity index (χ3v) is 5.20. The summed E-state index contributed by atoms with van der Waals surface area (Å²) < 4.78 is 35.1. The molecule has 150 valence electrons. The van der Waals surface area contributed by atoms with Gasteiger partial charge >= 0.3 is 0 Å². The molecule has 0 bridgehead atoms. The Balaban J connectivity index is 1.50. The first-order valence-electron chi connectivity index (χ1n) is 9.50. The number of ether oxygens (including phenoxy) is 1. The molecule has 1 aliphatic heterocycles. The van der Waals surface area contributed by atoms with E-state index in [0.29, 0.717) is 5.75 Å². The molecule has 0 N–H and O–H groups in total. The Kier molecular flexibility index (Phi) is 5.40. The Morgan fingerprint density at radius 1 is 1.07 bits per heavy atom. The van der Waals surface area contributed by atoms with E-state index in [9.17, 15) is 13.6 Å². The van der Waals surface area contributed by atoms with E-state index in [-0.39, 0.29) is 12.0 Å². The van der Waals surface area contributed by atoms with Crippen LogP contribution in [0.25, 0.3) is 11.3 Å². The first kappa shape index (κ1) is 19.3. The number of nitrogens with zero attached hydrogens (tertiary/aromatic N) is 3. The third-order valence-electron chi connectivity index (χ3n) is 5.20. The summed E-state index contributed by atoms with van der Waals surface area (Å²) in [7, 11) is 2.00. The quantitative estimate of drug-likeness (QED) is 0.572. The maximum Gasteiger partial charge on any atom is 0.155 e. The van der Waals surface area contributed by atoms with Gasteiger partial charge in [-0.25, -0.2) is 13.8 Å². The maximum absolute atomic E-state index is 13.7. The molecular weight excluding hydrogens is 376 g/mol. The molecule has 0 spiro atoms. The zero-order valence-electron chi connectivity index (χ0n) is 16.1. The van der Waals surface area contributed by atoms with Crippen LogP contribution in [-0.4, -0.2) is 33.8 Å². The van der Waals surface area contributed by atoms with Crippen LogP contribution in [0.5, 0.6) is 11.5 Å². The number of aldehydes is 1. The molecular formula is C22H21F2N3O2. The molecule has 2 aromatic carbocycles. The highest BCUT2D eigenvalue weighted by Gasteiger charge is 2.16. The van der Waals surface area contributed by atoms with Crippen LogP contribution in [0.3, 0.4) is 0 Å². The lowest BCUT2D eigenvalue weighted by Gasteiger charge is -2.14. The second-order valence-electron chi connectivity index (χ2n) is 7.15. The largest absolute Gasteiger partial charge is 0.457 e. The van der Waals surface area contributed by atoms with Gasteiger partial charge in [0.2, 0.25) is 0 Å². The fourth-order valence-electron chi connectivity index (χ4n) is 3.57. The minimum absolute atomic E-state index is 0.00761. The van der Waals surface area contributed by atoms with Crippen LogP contribution in [0.4, 0.5) is 8.78 Å². The molecule has 0 amide bonds. The molecule has 0 saturated carbocycles. The molecule has 3 aromatic rings. The van der Waals surface area contributed by atoms with E-state index < -0.39 is 17.2 Å². The minimum Gasteiger partial charge on any atom is -0.457 e. The molecule has 1 saturated heterocycles. The fourth-order valence-corrected chi connectivity index (χ4v) is 3.57. The zero-order chi connectivity index (χ0) is 20.4. The van der Waals surface area contributed by atoms with Crippen molar-refractivity contribution < 1.29 is 18.3 Å². The summed E-state index contributed by atoms with van der Waals surface area (Å²) in [5.41, 5.74) is 1.35. The van der Waals surface area contributed by atoms with Gasteiger partial charge in [-0.2, -0.15) is 0 Å². The van der Waals surface area contributed by atoms with Gasteiger partial charge in [-0.3, -0.25) is 9.69 Å². The van der Waals surface area contributed by atoms with Gasteiger partial charge in [0.25, 0.3) is 0 Å². The number of carbonyl (C=O) groups is 1. The number of imidazole rings is 1. The number of rotatable bonds is 6. The highest BCUT2D eigenvalue weighted by Crippen LogP contribution is 2.28. The lowest BCUT2D eigenvalue weighted by molar-refractivity contribution is 0.111. The van der Waals surface area contributed by atoms with E-state index in [4.69, 9.17) is 4.74 Å². The van der Waals surface area contributed by atoms with Crippen LogP contribution >= 0.6 is 0 Å². The summed E-state index contributed by atoms with van der Waals surface area (Å²) in [4.78, 5) is 17.6. The molecule has 7 heteroatoms. The number of hydrogen-bond acceptors (Lipinski definition) is 4. The molecule has 1 fully saturated rings. The maximum atomic E-state index is 13.7. The Bertz CT molecular complexity index is 1000. The molecule has 29 heavy (non-hydrogen) atoms. The average Bonchev–Trinajstić information content (AvgIpc) is 3.33. The van der Waals surface area contributed by atoms with Crippen LogP contribution in [0.2, 0.25) is 0 Å². The van der Waals surface area contributed by atoms with Gasteiger partial charge in [-0.1, -0.05) is 0 Å². The van der Waals surface area contributed by atoms with Gasteiger partial charge < -0.3 is 9.30 Å². The Hall–Kier alpha value is -3.06. The fraction of sp³-hybridized carbons (Fsp3) is 0.273. The van der Waals surface area contributed by atoms with Crippen molar-refractivity contribution in [2.45, 2.75) is 19.4 Å². The Labute approximate surface area is 167 Å². The summed E-state index contributed by atoms with van der Waals surface area (Å²) in [6.45, 7) is 3.07. The van der Waals surface area contributed by atoms with Crippen LogP contribution in [0, 0.1) is 11.6 Å². The number of carbonyl (C=O) groups excluding carboxylic acids is 1. The zero-order valence-corrected chi connectivity index (χ0v) is 16.1. The summed E-state index contributed by atoms with van der Waals surface area (Å²) in [5.74, 6) is -0.458. The predicted octanol–water partition coefficient (Wildman–Crippen LogP) is 4.57. The predicted molar refractivity (Wildman–Crippen MR) is 105 cm³/mol. The lowest BCUT2D eigenvalue weighted by Crippen LogP contribution is -2.20. The van der Waals surface area contributed by atoms with Crippen LogP contribution < -0.4 is 4.74 Å². The standard InChI is InChI=1S/C22H21F2N3O2/c1-26-21(12-25-22(26)13-27-8-2-3-9-27)15-4-6-16(7-5-15)29-17-10-19(23)18(14-28)20(24)11-17/h4-7,10-12,14H,2-3,8-9,13H2,1H3. The number of benzene rings is 2. The van der Waals surface area contributed by atoms with Crippen molar-refractivity contribution in [3.05, 3.63) is 65.6 Å². The number of aromatic nitrogens is 2. The summed E-state index contributed by atoms with van der Waals surface area (Å²) in [6, 6.07) is 9.19. The van der Waals surface area contributed by atoms with Crippen molar-refractivity contribution in [2.24, 2.45) is 7.05 Å². The van der Waals surface area contributed by atoms with Gasteiger partial charge in [-0.05, 0) is 50.2 Å². The van der Waals surface area contributed by atoms with Crippen LogP contribution in [0.15, 0.2) is 42.6 Å². The van der Waals surface area contributed by atoms with Crippen LogP contribution in [-0.2, 0) is 13.6 Å². The summed E-state index contributed by atoms with van der Waals surface area (Å²) in [5, 5.41) is 0. The normalized spacial score (nSPS) is 14.3. The third kappa shape index (κ3) is 4.05. The van der Waals surface area contributed by atoms with Crippen molar-refractivity contribution in [1.82, 2.24) is 14.5 Å². The molecule has 0 atom stereocenters. The van der Waals surface area contributed by atoms with Gasteiger partial charge in [0.15, 0.2) is 6.29 Å². The van der Waals surface area contributed by atoms with Gasteiger partial charge in [0, 0.05) is 24.7 Å². The van der Waals surface area contributed by atoms with E-state index in [1.165, 1.54) is 12.8 Å². The van der Waals surface area contributed by atoms with Gasteiger partial charge in [-0.15, -0.1) is 0 Å². The second kappa shape index (κ2) is 8.13. The molecule has 1 aliphatic rings. The van der Waals surface area contributed by atoms with E-state index in [1.807, 2.05) is 25.4 Å². The number of hydrogen-bond donors (Lipinski definition) is 0. The number of halogens is 2. The monoisotopic (exact) mass is 397 g/mol. The summed E-state index contributed by atoms with van der Waals surface area (Å²) >= 11 is 0. The van der Waals surface area contributed by atoms with Crippen LogP contribution in [0.1, 0.15) is 29.0 Å². The smallest absolute Gasteiger partial charge is 0.155 e. The molecule has 0 radical (unpaired) electrons. The molecule has 4 rings (SSSR count). The first-order chi connectivity index (χ1) is 14.0. The Morgan fingerprint density at radius 3 is 2.34 bits per heavy atom. The second-order valence-corrected chi connectivity index (χ2v) is 7.15. The topological polar surface area (TPSA) is 47.4 Å². The van der Waals surface area contributed by atoms with E-state index >= 15 is 0 Å². The van der Waals surface area contributed by atoms with Crippen molar-refractivity contribution in [1.29, 1.82) is 0 Å². The lowest BCUT2D eigenvalue weighted by atomic mass is 10.1. The number of likely N-dealkylation sites (tertiary alicyclic amines) is 1. The van der Waals surface area contributed by atoms with Crippen molar-refractivity contribution in [2.75, 3.05) is 13.1 Å². The first-order valence-corrected chi connectivity index (χ1v) is 9.50. The molecule has 5 nitrogen and oxygen atoms in total. The molecule has 0 unspecified atom stereocenters. The SMILES string of the molecule is Cn1c(-c2ccc(Oc3cc(F)c(C=O)c(F)c3)cc2)cnc1CN1CCCC1. The molecule has 0 aliphatic carbocycles. The Morgan fingerprint density at radius 2 is 1.72 bits per heavy atom. The molecule has 2 heterocycles. The summed E-state index contributed by atoms with van der Waals surface area (Å²) in [6.07, 6.45) is 4.48. The van der Waals surface area contributed by atoms with Crippen molar-refractivity contribution >= 4 is 6.29 Å². The highest BCUT2D eigenvalue weighted by atomic mass is 19.1. The van der Waals surface area contributed by atoms with E-state index in [0.717, 1.165) is 48.8 Å². The highest BCUT2D eigenvalue weighted by molar-refractivity contribution is 5.76. The van der Waals surface area contributed by atoms with Gasteiger partial charge in [0.05, 0.1) is 24.0 Å². The van der Waals surface area contributed by atoms with E-state index in [2.05, 4.69) is 14.5 Å². The molecule has 1 aromatic heterocycles. The van der Waals surface area contributed by atoms with Crippen molar-refractivity contribution in [3.8, 4) is 22.8 Å². The minimum atomic E-state index is -0.952. The van der Waals surface area contributed by atoms with E-state index in [1.54, 1.807) is 12.1 Å².